The van der Waals surface area contributed by atoms with Crippen LogP contribution in [0.5, 0.6) is 0 Å². The van der Waals surface area contributed by atoms with E-state index in [4.69, 9.17) is 10.5 Å². The van der Waals surface area contributed by atoms with Crippen LogP contribution in [0.15, 0.2) is 42.9 Å². The van der Waals surface area contributed by atoms with E-state index in [1.54, 1.807) is 6.33 Å². The molecule has 0 radical (unpaired) electrons. The van der Waals surface area contributed by atoms with Crippen LogP contribution in [0.1, 0.15) is 32.0 Å². The summed E-state index contributed by atoms with van der Waals surface area (Å²) < 4.78 is 7.88. The average molecular weight is 429 g/mol. The van der Waals surface area contributed by atoms with E-state index in [0.29, 0.717) is 19.5 Å². The van der Waals surface area contributed by atoms with Crippen LogP contribution < -0.4 is 5.73 Å². The third kappa shape index (κ3) is 6.48. The lowest BCUT2D eigenvalue weighted by Crippen LogP contribution is -2.57. The summed E-state index contributed by atoms with van der Waals surface area (Å²) in [5.41, 5.74) is 7.90. The van der Waals surface area contributed by atoms with E-state index < -0.39 is 6.04 Å². The molecule has 1 aliphatic heterocycles. The van der Waals surface area contributed by atoms with Gasteiger partial charge in [-0.3, -0.25) is 4.79 Å². The summed E-state index contributed by atoms with van der Waals surface area (Å²) in [4.78, 5) is 19.0. The van der Waals surface area contributed by atoms with Crippen LogP contribution >= 0.6 is 24.8 Å². The Morgan fingerprint density at radius 1 is 1.32 bits per heavy atom. The molecule has 0 spiro atoms. The number of amides is 1. The minimum absolute atomic E-state index is 0. The zero-order chi connectivity index (χ0) is 18.7. The second-order valence-electron chi connectivity index (χ2n) is 7.74. The van der Waals surface area contributed by atoms with Gasteiger partial charge >= 0.3 is 0 Å². The van der Waals surface area contributed by atoms with Crippen molar-refractivity contribution in [1.82, 2.24) is 14.5 Å². The Hall–Kier alpha value is -1.60. The van der Waals surface area contributed by atoms with Crippen molar-refractivity contribution in [3.05, 3.63) is 54.1 Å². The number of nitrogens with zero attached hydrogens (tertiary/aromatic N) is 3. The molecule has 3 rings (SSSR count). The number of nitrogens with two attached hydrogens (primary N) is 1. The summed E-state index contributed by atoms with van der Waals surface area (Å²) in [6, 6.07) is 9.61. The molecule has 2 atom stereocenters. The molecule has 28 heavy (non-hydrogen) atoms. The Kier molecular flexibility index (Phi) is 8.95. The van der Waals surface area contributed by atoms with Crippen molar-refractivity contribution in [2.24, 2.45) is 5.73 Å². The highest BCUT2D eigenvalue weighted by Gasteiger charge is 2.35. The monoisotopic (exact) mass is 428 g/mol. The molecule has 0 aliphatic carbocycles. The van der Waals surface area contributed by atoms with Crippen LogP contribution in [0.2, 0.25) is 0 Å². The van der Waals surface area contributed by atoms with Crippen LogP contribution in [-0.2, 0) is 22.5 Å². The van der Waals surface area contributed by atoms with Gasteiger partial charge in [-0.2, -0.15) is 0 Å². The fourth-order valence-electron chi connectivity index (χ4n) is 3.56. The molecule has 1 aliphatic rings. The van der Waals surface area contributed by atoms with Gasteiger partial charge in [0, 0.05) is 32.3 Å². The molecule has 1 aromatic heterocycles. The third-order valence-corrected chi connectivity index (χ3v) is 4.52. The minimum Gasteiger partial charge on any atom is -0.369 e. The average Bonchev–Trinajstić information content (AvgIpc) is 3.00. The van der Waals surface area contributed by atoms with Crippen LogP contribution in [0.4, 0.5) is 0 Å². The highest BCUT2D eigenvalue weighted by Crippen LogP contribution is 2.21. The Labute approximate surface area is 179 Å². The van der Waals surface area contributed by atoms with Crippen LogP contribution in [0.25, 0.3) is 0 Å². The van der Waals surface area contributed by atoms with Crippen molar-refractivity contribution < 1.29 is 9.53 Å². The van der Waals surface area contributed by atoms with E-state index in [-0.39, 0.29) is 42.4 Å². The molecule has 1 saturated heterocycles. The van der Waals surface area contributed by atoms with Gasteiger partial charge < -0.3 is 19.9 Å². The molecular weight excluding hydrogens is 399 g/mol. The molecule has 2 aromatic rings. The molecule has 156 valence electrons. The molecule has 2 heterocycles. The summed E-state index contributed by atoms with van der Waals surface area (Å²) in [7, 11) is 0. The van der Waals surface area contributed by atoms with Crippen molar-refractivity contribution in [2.75, 3.05) is 13.1 Å². The lowest BCUT2D eigenvalue weighted by atomic mass is 10.0. The fraction of sp³-hybridized carbons (Fsp3) is 0.500. The number of carbonyl (C=O) groups excluding carboxylic acids is 1. The first kappa shape index (κ1) is 24.4. The van der Waals surface area contributed by atoms with Gasteiger partial charge in [0.15, 0.2) is 0 Å². The van der Waals surface area contributed by atoms with Gasteiger partial charge in [0.05, 0.1) is 29.8 Å². The maximum Gasteiger partial charge on any atom is 0.240 e. The number of imidazole rings is 1. The van der Waals surface area contributed by atoms with E-state index >= 15 is 0 Å². The Morgan fingerprint density at radius 2 is 2.00 bits per heavy atom. The van der Waals surface area contributed by atoms with E-state index in [0.717, 1.165) is 12.2 Å². The minimum atomic E-state index is -0.587. The van der Waals surface area contributed by atoms with Crippen LogP contribution in [0, 0.1) is 0 Å². The number of halogens is 2. The first-order chi connectivity index (χ1) is 12.3. The highest BCUT2D eigenvalue weighted by atomic mass is 35.5. The highest BCUT2D eigenvalue weighted by molar-refractivity contribution is 5.85. The lowest BCUT2D eigenvalue weighted by Gasteiger charge is -2.42. The summed E-state index contributed by atoms with van der Waals surface area (Å²) in [6.07, 6.45) is 4.21. The molecule has 1 amide bonds. The molecule has 6 nitrogen and oxygen atoms in total. The number of benzene rings is 1. The SMILES string of the molecule is CC1CN(C(=O)[C@@H](N)Cc2cn(Cc3ccccc3)cn2)CC(C)(C)O1.Cl.Cl. The third-order valence-electron chi connectivity index (χ3n) is 4.52. The summed E-state index contributed by atoms with van der Waals surface area (Å²) >= 11 is 0. The molecular formula is C20H30Cl2N4O2. The number of aromatic nitrogens is 2. The normalized spacial score (nSPS) is 19.3. The van der Waals surface area contributed by atoms with E-state index in [2.05, 4.69) is 17.1 Å². The zero-order valence-corrected chi connectivity index (χ0v) is 18.2. The Bertz CT molecular complexity index is 752. The smallest absolute Gasteiger partial charge is 0.240 e. The molecule has 1 aromatic carbocycles. The molecule has 1 unspecified atom stereocenters. The lowest BCUT2D eigenvalue weighted by molar-refractivity contribution is -0.159. The molecule has 0 bridgehead atoms. The summed E-state index contributed by atoms with van der Waals surface area (Å²) in [6.45, 7) is 7.88. The standard InChI is InChI=1S/C20H28N4O2.2ClH/c1-15-10-24(13-20(2,3)26-15)19(25)18(21)9-17-12-23(14-22-17)11-16-7-5-4-6-8-16;;/h4-8,12,14-15,18H,9-11,13,21H2,1-3H3;2*1H/t15?,18-;;/m0../s1. The molecule has 0 saturated carbocycles. The number of hydrogen-bond acceptors (Lipinski definition) is 4. The molecule has 2 N–H and O–H groups in total. The van der Waals surface area contributed by atoms with Gasteiger partial charge in [-0.25, -0.2) is 4.98 Å². The van der Waals surface area contributed by atoms with E-state index in [1.807, 2.05) is 54.6 Å². The largest absolute Gasteiger partial charge is 0.369 e. The van der Waals surface area contributed by atoms with Crippen molar-refractivity contribution in [3.63, 3.8) is 0 Å². The number of ether oxygens (including phenoxy) is 1. The summed E-state index contributed by atoms with van der Waals surface area (Å²) in [5.74, 6) is -0.0363. The van der Waals surface area contributed by atoms with Crippen molar-refractivity contribution in [1.29, 1.82) is 0 Å². The van der Waals surface area contributed by atoms with Crippen molar-refractivity contribution in [2.45, 2.75) is 51.5 Å². The van der Waals surface area contributed by atoms with Gasteiger partial charge in [0.2, 0.25) is 5.91 Å². The predicted molar refractivity (Wildman–Crippen MR) is 115 cm³/mol. The second-order valence-corrected chi connectivity index (χ2v) is 7.74. The van der Waals surface area contributed by atoms with E-state index in [9.17, 15) is 4.79 Å². The topological polar surface area (TPSA) is 73.4 Å². The zero-order valence-electron chi connectivity index (χ0n) is 16.6. The van der Waals surface area contributed by atoms with Crippen molar-refractivity contribution >= 4 is 30.7 Å². The first-order valence-corrected chi connectivity index (χ1v) is 9.09. The number of carbonyl (C=O) groups is 1. The second kappa shape index (κ2) is 10.3. The molecule has 8 heteroatoms. The number of hydrogen-bond donors (Lipinski definition) is 1. The number of morpholine rings is 1. The van der Waals surface area contributed by atoms with Crippen LogP contribution in [0.3, 0.4) is 0 Å². The van der Waals surface area contributed by atoms with Crippen LogP contribution in [-0.4, -0.2) is 51.2 Å². The Balaban J connectivity index is 0.00000196. The van der Waals surface area contributed by atoms with Gasteiger partial charge in [0.1, 0.15) is 0 Å². The van der Waals surface area contributed by atoms with Gasteiger partial charge in [0.25, 0.3) is 0 Å². The van der Waals surface area contributed by atoms with Crippen molar-refractivity contribution in [3.8, 4) is 0 Å². The predicted octanol–water partition coefficient (Wildman–Crippen LogP) is 2.67. The quantitative estimate of drug-likeness (QED) is 0.793. The fourth-order valence-corrected chi connectivity index (χ4v) is 3.56. The maximum atomic E-state index is 12.7. The number of rotatable bonds is 5. The van der Waals surface area contributed by atoms with Gasteiger partial charge in [-0.05, 0) is 26.3 Å². The van der Waals surface area contributed by atoms with Gasteiger partial charge in [-0.1, -0.05) is 30.3 Å². The van der Waals surface area contributed by atoms with Gasteiger partial charge in [-0.15, -0.1) is 24.8 Å². The molecule has 1 fully saturated rings. The summed E-state index contributed by atoms with van der Waals surface area (Å²) in [5, 5.41) is 0. The first-order valence-electron chi connectivity index (χ1n) is 9.09. The van der Waals surface area contributed by atoms with E-state index in [1.165, 1.54) is 5.56 Å². The maximum absolute atomic E-state index is 12.7. The Morgan fingerprint density at radius 3 is 2.64 bits per heavy atom.